The largest absolute Gasteiger partial charge is 0.490 e. The van der Waals surface area contributed by atoms with E-state index in [4.69, 9.17) is 14.6 Å². The minimum Gasteiger partial charge on any atom is -0.490 e. The number of aliphatic carboxylic acids is 1. The van der Waals surface area contributed by atoms with Crippen LogP contribution in [-0.2, 0) is 17.6 Å². The number of hydrogen-bond donors (Lipinski definition) is 2. The quantitative estimate of drug-likeness (QED) is 0.732. The number of benzene rings is 2. The molecular weight excluding hydrogens is 358 g/mol. The average molecular weight is 383 g/mol. The second-order valence-electron chi connectivity index (χ2n) is 7.39. The third kappa shape index (κ3) is 4.63. The summed E-state index contributed by atoms with van der Waals surface area (Å²) in [4.78, 5) is 23.4. The minimum absolute atomic E-state index is 0.00731. The highest BCUT2D eigenvalue weighted by Gasteiger charge is 2.33. The van der Waals surface area contributed by atoms with Crippen molar-refractivity contribution in [2.75, 3.05) is 19.8 Å². The number of nitrogens with one attached hydrogen (secondary N) is 1. The van der Waals surface area contributed by atoms with E-state index in [2.05, 4.69) is 24.4 Å². The molecule has 148 valence electrons. The summed E-state index contributed by atoms with van der Waals surface area (Å²) in [5, 5.41) is 11.8. The topological polar surface area (TPSA) is 84.9 Å². The van der Waals surface area contributed by atoms with Crippen LogP contribution < -0.4 is 14.8 Å². The SMILES string of the molecule is CCOc1cc(C(=O)NCC2(C)Cc3ccccc3C2)ccc1OCC(=O)O. The van der Waals surface area contributed by atoms with Crippen LogP contribution in [0.25, 0.3) is 0 Å². The molecule has 6 heteroatoms. The molecule has 6 nitrogen and oxygen atoms in total. The van der Waals surface area contributed by atoms with E-state index in [1.807, 2.05) is 19.1 Å². The molecule has 0 spiro atoms. The van der Waals surface area contributed by atoms with Crippen LogP contribution in [0.4, 0.5) is 0 Å². The lowest BCUT2D eigenvalue weighted by Gasteiger charge is -2.24. The maximum Gasteiger partial charge on any atom is 0.341 e. The number of carboxylic acid groups (broad SMARTS) is 1. The van der Waals surface area contributed by atoms with Crippen LogP contribution in [0, 0.1) is 5.41 Å². The molecule has 2 aromatic carbocycles. The van der Waals surface area contributed by atoms with Crippen LogP contribution in [0.1, 0.15) is 35.3 Å². The van der Waals surface area contributed by atoms with Gasteiger partial charge in [-0.25, -0.2) is 4.79 Å². The van der Waals surface area contributed by atoms with Crippen molar-refractivity contribution in [1.29, 1.82) is 0 Å². The number of carbonyl (C=O) groups excluding carboxylic acids is 1. The predicted molar refractivity (Wildman–Crippen MR) is 105 cm³/mol. The van der Waals surface area contributed by atoms with E-state index in [1.54, 1.807) is 18.2 Å². The molecule has 2 N–H and O–H groups in total. The summed E-state index contributed by atoms with van der Waals surface area (Å²) < 4.78 is 10.7. The predicted octanol–water partition coefficient (Wildman–Crippen LogP) is 3.08. The Kier molecular flexibility index (Phi) is 5.87. The molecule has 0 fully saturated rings. The van der Waals surface area contributed by atoms with Gasteiger partial charge in [0.15, 0.2) is 18.1 Å². The fourth-order valence-corrected chi connectivity index (χ4v) is 3.58. The first-order valence-electron chi connectivity index (χ1n) is 9.36. The zero-order valence-electron chi connectivity index (χ0n) is 16.2. The van der Waals surface area contributed by atoms with Crippen LogP contribution in [-0.4, -0.2) is 36.7 Å². The van der Waals surface area contributed by atoms with Crippen molar-refractivity contribution in [3.05, 3.63) is 59.2 Å². The number of carboxylic acids is 1. The average Bonchev–Trinajstić information content (AvgIpc) is 3.01. The molecule has 3 rings (SSSR count). The molecule has 0 heterocycles. The van der Waals surface area contributed by atoms with Gasteiger partial charge in [-0.2, -0.15) is 0 Å². The molecule has 0 bridgehead atoms. The Balaban J connectivity index is 1.65. The molecule has 1 amide bonds. The highest BCUT2D eigenvalue weighted by molar-refractivity contribution is 5.95. The standard InChI is InChI=1S/C22H25NO5/c1-3-27-19-10-15(8-9-18(19)28-13-20(24)25)21(26)23-14-22(2)11-16-6-4-5-7-17(16)12-22/h4-10H,3,11-14H2,1-2H3,(H,23,26)(H,24,25). The van der Waals surface area contributed by atoms with Gasteiger partial charge >= 0.3 is 5.97 Å². The molecule has 28 heavy (non-hydrogen) atoms. The van der Waals surface area contributed by atoms with Gasteiger partial charge in [0.25, 0.3) is 5.91 Å². The molecule has 0 atom stereocenters. The Bertz CT molecular complexity index is 852. The van der Waals surface area contributed by atoms with E-state index in [9.17, 15) is 9.59 Å². The Labute approximate surface area is 164 Å². The maximum absolute atomic E-state index is 12.6. The van der Waals surface area contributed by atoms with E-state index in [-0.39, 0.29) is 11.3 Å². The summed E-state index contributed by atoms with van der Waals surface area (Å²) in [5.41, 5.74) is 3.13. The van der Waals surface area contributed by atoms with E-state index >= 15 is 0 Å². The van der Waals surface area contributed by atoms with Crippen LogP contribution in [0.5, 0.6) is 11.5 Å². The molecular formula is C22H25NO5. The first kappa shape index (κ1) is 19.7. The van der Waals surface area contributed by atoms with E-state index in [0.717, 1.165) is 12.8 Å². The first-order chi connectivity index (χ1) is 13.4. The Morgan fingerprint density at radius 1 is 1.07 bits per heavy atom. The summed E-state index contributed by atoms with van der Waals surface area (Å²) in [5.74, 6) is -0.604. The number of rotatable bonds is 8. The number of hydrogen-bond acceptors (Lipinski definition) is 4. The van der Waals surface area contributed by atoms with Crippen LogP contribution in [0.3, 0.4) is 0 Å². The number of carbonyl (C=O) groups is 2. The second kappa shape index (κ2) is 8.33. The number of amides is 1. The number of ether oxygens (including phenoxy) is 2. The third-order valence-corrected chi connectivity index (χ3v) is 4.89. The Morgan fingerprint density at radius 2 is 1.75 bits per heavy atom. The summed E-state index contributed by atoms with van der Waals surface area (Å²) in [7, 11) is 0. The van der Waals surface area contributed by atoms with Crippen molar-refractivity contribution < 1.29 is 24.2 Å². The molecule has 0 aliphatic heterocycles. The van der Waals surface area contributed by atoms with Crippen molar-refractivity contribution in [3.63, 3.8) is 0 Å². The molecule has 1 aliphatic rings. The summed E-state index contributed by atoms with van der Waals surface area (Å²) in [6.45, 7) is 4.48. The molecule has 0 saturated heterocycles. The van der Waals surface area contributed by atoms with Gasteiger partial charge < -0.3 is 19.9 Å². The van der Waals surface area contributed by atoms with E-state index in [0.29, 0.717) is 30.2 Å². The summed E-state index contributed by atoms with van der Waals surface area (Å²) >= 11 is 0. The van der Waals surface area contributed by atoms with Crippen LogP contribution >= 0.6 is 0 Å². The van der Waals surface area contributed by atoms with Crippen molar-refractivity contribution in [2.24, 2.45) is 5.41 Å². The van der Waals surface area contributed by atoms with Crippen molar-refractivity contribution in [2.45, 2.75) is 26.7 Å². The lowest BCUT2D eigenvalue weighted by atomic mass is 9.87. The van der Waals surface area contributed by atoms with Crippen molar-refractivity contribution in [3.8, 4) is 11.5 Å². The van der Waals surface area contributed by atoms with Gasteiger partial charge in [0.2, 0.25) is 0 Å². The van der Waals surface area contributed by atoms with Crippen molar-refractivity contribution >= 4 is 11.9 Å². The minimum atomic E-state index is -1.07. The van der Waals surface area contributed by atoms with E-state index in [1.165, 1.54) is 11.1 Å². The van der Waals surface area contributed by atoms with Gasteiger partial charge in [0.05, 0.1) is 6.61 Å². The highest BCUT2D eigenvalue weighted by Crippen LogP contribution is 2.36. The molecule has 0 unspecified atom stereocenters. The lowest BCUT2D eigenvalue weighted by Crippen LogP contribution is -2.36. The Morgan fingerprint density at radius 3 is 2.36 bits per heavy atom. The monoisotopic (exact) mass is 383 g/mol. The Hall–Kier alpha value is -3.02. The van der Waals surface area contributed by atoms with Gasteiger partial charge in [-0.3, -0.25) is 4.79 Å². The maximum atomic E-state index is 12.6. The highest BCUT2D eigenvalue weighted by atomic mass is 16.5. The van der Waals surface area contributed by atoms with Crippen LogP contribution in [0.2, 0.25) is 0 Å². The van der Waals surface area contributed by atoms with Crippen molar-refractivity contribution in [1.82, 2.24) is 5.32 Å². The lowest BCUT2D eigenvalue weighted by molar-refractivity contribution is -0.139. The molecule has 0 aromatic heterocycles. The van der Waals surface area contributed by atoms with Gasteiger partial charge in [-0.1, -0.05) is 31.2 Å². The molecule has 2 aromatic rings. The van der Waals surface area contributed by atoms with Gasteiger partial charge in [-0.15, -0.1) is 0 Å². The van der Waals surface area contributed by atoms with E-state index < -0.39 is 12.6 Å². The first-order valence-corrected chi connectivity index (χ1v) is 9.36. The van der Waals surface area contributed by atoms with Crippen LogP contribution in [0.15, 0.2) is 42.5 Å². The van der Waals surface area contributed by atoms with Gasteiger partial charge in [0, 0.05) is 12.1 Å². The third-order valence-electron chi connectivity index (χ3n) is 4.89. The molecule has 1 aliphatic carbocycles. The number of fused-ring (bicyclic) bond motifs is 1. The zero-order valence-corrected chi connectivity index (χ0v) is 16.2. The molecule has 0 radical (unpaired) electrons. The van der Waals surface area contributed by atoms with Gasteiger partial charge in [0.1, 0.15) is 0 Å². The zero-order chi connectivity index (χ0) is 20.1. The smallest absolute Gasteiger partial charge is 0.341 e. The second-order valence-corrected chi connectivity index (χ2v) is 7.39. The summed E-state index contributed by atoms with van der Waals surface area (Å²) in [6, 6.07) is 13.1. The fourth-order valence-electron chi connectivity index (χ4n) is 3.58. The molecule has 0 saturated carbocycles. The summed E-state index contributed by atoms with van der Waals surface area (Å²) in [6.07, 6.45) is 1.88. The fraction of sp³-hybridized carbons (Fsp3) is 0.364. The normalized spacial score (nSPS) is 14.2. The van der Waals surface area contributed by atoms with Gasteiger partial charge in [-0.05, 0) is 54.5 Å².